The van der Waals surface area contributed by atoms with Crippen molar-refractivity contribution in [2.75, 3.05) is 0 Å². The standard InChI is InChI=1S/C3H5.Tl/c1-3-2;/h3H,1-2H2;. The zero-order valence-electron chi connectivity index (χ0n) is 2.57. The Hall–Kier alpha value is 0.662. The first-order valence-corrected chi connectivity index (χ1v) is 4.40. The summed E-state index contributed by atoms with van der Waals surface area (Å²) in [7, 11) is 0. The van der Waals surface area contributed by atoms with E-state index < -0.39 is 0 Å². The summed E-state index contributed by atoms with van der Waals surface area (Å²) in [5.41, 5.74) is 0. The average molecular weight is 245 g/mol. The van der Waals surface area contributed by atoms with Gasteiger partial charge in [-0.2, -0.15) is 0 Å². The molecule has 20 valence electrons. The van der Waals surface area contributed by atoms with Crippen molar-refractivity contribution < 1.29 is 0 Å². The van der Waals surface area contributed by atoms with Crippen molar-refractivity contribution in [2.24, 2.45) is 0 Å². The molecule has 0 saturated heterocycles. The first-order valence-electron chi connectivity index (χ1n) is 1.22. The molecule has 0 saturated carbocycles. The van der Waals surface area contributed by atoms with Crippen LogP contribution in [0.1, 0.15) is 0 Å². The van der Waals surface area contributed by atoms with E-state index in [2.05, 4.69) is 6.58 Å². The minimum atomic E-state index is 1.11. The molecule has 0 unspecified atom stereocenters. The predicted molar refractivity (Wildman–Crippen MR) is 20.8 cm³/mol. The van der Waals surface area contributed by atoms with Crippen molar-refractivity contribution in [3.63, 3.8) is 0 Å². The van der Waals surface area contributed by atoms with E-state index in [9.17, 15) is 0 Å². The van der Waals surface area contributed by atoms with Gasteiger partial charge in [0.05, 0.1) is 0 Å². The Balaban J connectivity index is 2.30. The van der Waals surface area contributed by atoms with Crippen molar-refractivity contribution in [1.82, 2.24) is 0 Å². The van der Waals surface area contributed by atoms with Crippen LogP contribution in [0.3, 0.4) is 0 Å². The zero-order valence-corrected chi connectivity index (χ0v) is 7.06. The topological polar surface area (TPSA) is 0 Å². The fraction of sp³-hybridized carbons (Fsp3) is 0.333. The summed E-state index contributed by atoms with van der Waals surface area (Å²) in [6, 6.07) is 0. The van der Waals surface area contributed by atoms with Gasteiger partial charge in [0, 0.05) is 0 Å². The molecular weight excluding hydrogens is 240 g/mol. The molecule has 0 aliphatic rings. The third-order valence-corrected chi connectivity index (χ3v) is 1.46. The molecule has 0 radical (unpaired) electrons. The first-order chi connectivity index (χ1) is 1.91. The van der Waals surface area contributed by atoms with E-state index in [1.807, 2.05) is 6.08 Å². The molecule has 0 aliphatic carbocycles. The Morgan fingerprint density at radius 3 is 2.25 bits per heavy atom. The van der Waals surface area contributed by atoms with Crippen molar-refractivity contribution >= 4 is 25.8 Å². The number of rotatable bonds is 1. The minimum absolute atomic E-state index is 1.11. The van der Waals surface area contributed by atoms with Gasteiger partial charge in [-0.1, -0.05) is 0 Å². The molecule has 0 aromatic carbocycles. The second-order valence-corrected chi connectivity index (χ2v) is 2.36. The van der Waals surface area contributed by atoms with E-state index in [1.165, 1.54) is 3.98 Å². The summed E-state index contributed by atoms with van der Waals surface area (Å²) in [4.78, 5) is 0. The second kappa shape index (κ2) is 3.66. The van der Waals surface area contributed by atoms with Crippen LogP contribution in [0.15, 0.2) is 12.7 Å². The molecule has 1 heteroatoms. The summed E-state index contributed by atoms with van der Waals surface area (Å²) in [6.07, 6.45) is 1.95. The zero-order chi connectivity index (χ0) is 3.41. The van der Waals surface area contributed by atoms with Gasteiger partial charge in [0.2, 0.25) is 0 Å². The molecule has 0 aliphatic heterocycles. The van der Waals surface area contributed by atoms with Crippen molar-refractivity contribution in [1.29, 1.82) is 0 Å². The molecule has 0 aromatic heterocycles. The molecule has 0 aromatic rings. The van der Waals surface area contributed by atoms with Crippen LogP contribution in [0.4, 0.5) is 0 Å². The maximum absolute atomic E-state index is 3.52. The summed E-state index contributed by atoms with van der Waals surface area (Å²) >= 11 is 1.11. The van der Waals surface area contributed by atoms with Gasteiger partial charge < -0.3 is 0 Å². The SMILES string of the molecule is C=C[CH2][Tl]. The van der Waals surface area contributed by atoms with Gasteiger partial charge in [0.25, 0.3) is 0 Å². The molecule has 0 nitrogen and oxygen atoms in total. The van der Waals surface area contributed by atoms with Crippen molar-refractivity contribution in [3.8, 4) is 0 Å². The van der Waals surface area contributed by atoms with E-state index in [4.69, 9.17) is 0 Å². The van der Waals surface area contributed by atoms with Crippen LogP contribution >= 0.6 is 0 Å². The van der Waals surface area contributed by atoms with Crippen LogP contribution in [0.5, 0.6) is 0 Å². The molecule has 4 heavy (non-hydrogen) atoms. The van der Waals surface area contributed by atoms with Crippen LogP contribution in [0.25, 0.3) is 0 Å². The monoisotopic (exact) mass is 246 g/mol. The van der Waals surface area contributed by atoms with E-state index in [0.717, 1.165) is 25.8 Å². The summed E-state index contributed by atoms with van der Waals surface area (Å²) in [5, 5.41) is 0. The average Bonchev–Trinajstić information content (AvgIpc) is 1.37. The molecule has 0 rings (SSSR count). The van der Waals surface area contributed by atoms with Gasteiger partial charge in [0.15, 0.2) is 0 Å². The van der Waals surface area contributed by atoms with Crippen LogP contribution in [0.2, 0.25) is 3.98 Å². The summed E-state index contributed by atoms with van der Waals surface area (Å²) in [5.74, 6) is 0. The van der Waals surface area contributed by atoms with Gasteiger partial charge in [-0.3, -0.25) is 0 Å². The first kappa shape index (κ1) is 4.66. The van der Waals surface area contributed by atoms with E-state index >= 15 is 0 Å². The third-order valence-electron chi connectivity index (χ3n) is 0.167. The molecule has 0 bridgehead atoms. The Morgan fingerprint density at radius 1 is 2.00 bits per heavy atom. The quantitative estimate of drug-likeness (QED) is 0.473. The maximum atomic E-state index is 3.52. The van der Waals surface area contributed by atoms with Crippen molar-refractivity contribution in [3.05, 3.63) is 12.7 Å². The van der Waals surface area contributed by atoms with Crippen molar-refractivity contribution in [2.45, 2.75) is 3.98 Å². The Kier molecular flexibility index (Phi) is 4.27. The Labute approximate surface area is 42.6 Å². The van der Waals surface area contributed by atoms with E-state index in [1.54, 1.807) is 0 Å². The molecular formula is C3H5Tl. The molecule has 0 atom stereocenters. The van der Waals surface area contributed by atoms with Crippen LogP contribution < -0.4 is 0 Å². The fourth-order valence-electron chi connectivity index (χ4n) is 0. The molecule has 0 fully saturated rings. The Morgan fingerprint density at radius 2 is 2.25 bits per heavy atom. The number of hydrogen-bond acceptors (Lipinski definition) is 0. The second-order valence-electron chi connectivity index (χ2n) is 0.524. The number of hydrogen-bond donors (Lipinski definition) is 0. The van der Waals surface area contributed by atoms with E-state index in [-0.39, 0.29) is 0 Å². The van der Waals surface area contributed by atoms with E-state index in [0.29, 0.717) is 0 Å². The van der Waals surface area contributed by atoms with Crippen LogP contribution in [-0.4, -0.2) is 25.8 Å². The molecule has 0 amide bonds. The molecule has 0 spiro atoms. The molecule has 0 N–H and O–H groups in total. The summed E-state index contributed by atoms with van der Waals surface area (Å²) < 4.78 is 1.25. The van der Waals surface area contributed by atoms with Gasteiger partial charge >= 0.3 is 42.4 Å². The van der Waals surface area contributed by atoms with Gasteiger partial charge in [0.1, 0.15) is 0 Å². The van der Waals surface area contributed by atoms with Gasteiger partial charge in [-0.25, -0.2) is 0 Å². The van der Waals surface area contributed by atoms with Crippen LogP contribution in [-0.2, 0) is 0 Å². The normalized spacial score (nSPS) is 5.75. The third kappa shape index (κ3) is 2.66. The van der Waals surface area contributed by atoms with Gasteiger partial charge in [-0.15, -0.1) is 0 Å². The van der Waals surface area contributed by atoms with Gasteiger partial charge in [-0.05, 0) is 0 Å². The fourth-order valence-corrected chi connectivity index (χ4v) is 0. The predicted octanol–water partition coefficient (Wildman–Crippen LogP) is 0.759. The summed E-state index contributed by atoms with van der Waals surface area (Å²) in [6.45, 7) is 3.52. The Bertz CT molecular complexity index is 17.2. The van der Waals surface area contributed by atoms with Crippen LogP contribution in [0, 0.1) is 0 Å². The molecule has 0 heterocycles. The number of allylic oxidation sites excluding steroid dienone is 1.